The van der Waals surface area contributed by atoms with Crippen molar-refractivity contribution in [2.24, 2.45) is 0 Å². The number of H-pyrrole nitrogens is 5. The second kappa shape index (κ2) is 45.8. The Bertz CT molecular complexity index is 4720. The van der Waals surface area contributed by atoms with Gasteiger partial charge in [0.1, 0.15) is 63.2 Å². The number of nitrogens with zero attached hydrogens (tertiary/aromatic N) is 10. The van der Waals surface area contributed by atoms with Crippen LogP contribution in [0, 0.1) is 54.3 Å². The lowest BCUT2D eigenvalue weighted by Crippen LogP contribution is -2.36. The van der Waals surface area contributed by atoms with Gasteiger partial charge in [0, 0.05) is 115 Å². The third kappa shape index (κ3) is 26.2. The Morgan fingerprint density at radius 2 is 0.675 bits per heavy atom. The molecule has 648 valence electrons. The molecule has 10 heterocycles. The van der Waals surface area contributed by atoms with Crippen LogP contribution in [0.1, 0.15) is 186 Å². The number of rotatable bonds is 33. The Balaban J connectivity index is 0.000000245. The van der Waals surface area contributed by atoms with E-state index in [4.69, 9.17) is 80.2 Å². The van der Waals surface area contributed by atoms with Crippen molar-refractivity contribution in [1.82, 2.24) is 57.1 Å². The van der Waals surface area contributed by atoms with E-state index in [1.807, 2.05) is 48.5 Å². The van der Waals surface area contributed by atoms with E-state index in [0.717, 1.165) is 0 Å². The van der Waals surface area contributed by atoms with E-state index < -0.39 is 156 Å². The fourth-order valence-corrected chi connectivity index (χ4v) is 18.1. The van der Waals surface area contributed by atoms with Crippen molar-refractivity contribution < 1.29 is 70.7 Å². The van der Waals surface area contributed by atoms with Crippen LogP contribution in [0.4, 0.5) is 0 Å². The largest absolute Gasteiger partial charge is 0.394 e. The van der Waals surface area contributed by atoms with Crippen molar-refractivity contribution in [2.45, 2.75) is 278 Å². The first-order valence-corrected chi connectivity index (χ1v) is 42.2. The maximum Gasteiger partial charge on any atom is 0.333 e. The number of aryl methyl sites for hydroxylation is 5. The number of hydrogen-bond donors (Lipinski definition) is 8. The van der Waals surface area contributed by atoms with Crippen LogP contribution in [0.5, 0.6) is 0 Å². The molecule has 18 atom stereocenters. The molecule has 5 aromatic heterocycles. The molecule has 5 saturated heterocycles. The molecule has 0 spiro atoms. The van der Waals surface area contributed by atoms with Crippen molar-refractivity contribution in [1.29, 1.82) is 0 Å². The molecule has 40 nitrogen and oxygen atoms in total. The minimum absolute atomic E-state index is 0.0274. The highest BCUT2D eigenvalue weighted by Crippen LogP contribution is 2.53. The van der Waals surface area contributed by atoms with Crippen LogP contribution in [0.2, 0.25) is 0 Å². The van der Waals surface area contributed by atoms with Crippen molar-refractivity contribution in [2.75, 3.05) is 52.7 Å². The number of aliphatic hydroxyl groups excluding tert-OH is 3. The minimum atomic E-state index is -2.10. The quantitative estimate of drug-likeness (QED) is 0.0146. The van der Waals surface area contributed by atoms with Crippen LogP contribution >= 0.6 is 25.7 Å². The van der Waals surface area contributed by atoms with Gasteiger partial charge in [-0.15, -0.1) is 0 Å². The van der Waals surface area contributed by atoms with E-state index in [2.05, 4.69) is 76.5 Å². The lowest BCUT2D eigenvalue weighted by atomic mass is 10.1. The van der Waals surface area contributed by atoms with E-state index in [-0.39, 0.29) is 108 Å². The van der Waals surface area contributed by atoms with E-state index in [0.29, 0.717) is 66.5 Å². The van der Waals surface area contributed by atoms with Crippen LogP contribution in [0.25, 0.3) is 14.5 Å². The zero-order valence-corrected chi connectivity index (χ0v) is 71.5. The second-order valence-corrected chi connectivity index (χ2v) is 33.5. The average Bonchev–Trinajstić information content (AvgIpc) is 1.66. The predicted octanol–water partition coefficient (Wildman–Crippen LogP) is 5.52. The molecular formula is C74H112N15O25P3. The molecule has 5 aliphatic rings. The molecule has 0 bridgehead atoms. The molecule has 5 fully saturated rings. The van der Waals surface area contributed by atoms with Gasteiger partial charge in [-0.1, -0.05) is 20.8 Å². The summed E-state index contributed by atoms with van der Waals surface area (Å²) in [6.45, 7) is 52.3. The third-order valence-electron chi connectivity index (χ3n) is 19.3. The maximum absolute atomic E-state index is 12.9. The number of nitrogens with one attached hydrogen (secondary N) is 5. The second-order valence-electron chi connectivity index (χ2n) is 29.5. The van der Waals surface area contributed by atoms with Crippen LogP contribution in [0.3, 0.4) is 0 Å². The highest BCUT2D eigenvalue weighted by atomic mass is 31.2. The number of hydrogen-bond acceptors (Lipinski definition) is 27. The highest BCUT2D eigenvalue weighted by Gasteiger charge is 2.46. The summed E-state index contributed by atoms with van der Waals surface area (Å²) in [6.07, 6.45) is 2.26. The normalized spacial score (nSPS) is 25.1. The van der Waals surface area contributed by atoms with E-state index >= 15 is 0 Å². The number of ether oxygens (including phenoxy) is 5. The minimum Gasteiger partial charge on any atom is -0.394 e. The lowest BCUT2D eigenvalue weighted by molar-refractivity contribution is -0.0466. The number of aromatic amines is 5. The summed E-state index contributed by atoms with van der Waals surface area (Å²) >= 11 is 0. The first-order valence-electron chi connectivity index (χ1n) is 38.8. The molecule has 5 aromatic rings. The summed E-state index contributed by atoms with van der Waals surface area (Å²) in [5.41, 5.74) is -3.06. The fraction of sp³-hybridized carbons (Fsp3) is 0.689. The molecule has 18 unspecified atom stereocenters. The first-order chi connectivity index (χ1) is 55.5. The smallest absolute Gasteiger partial charge is 0.333 e. The number of aliphatic hydroxyl groups is 3. The summed E-state index contributed by atoms with van der Waals surface area (Å²) in [4.78, 5) is 141. The molecule has 5 aliphatic heterocycles. The van der Waals surface area contributed by atoms with E-state index in [9.17, 15) is 58.2 Å². The van der Waals surface area contributed by atoms with E-state index in [1.165, 1.54) is 53.8 Å². The van der Waals surface area contributed by atoms with Crippen LogP contribution in [-0.2, 0) is 55.4 Å². The van der Waals surface area contributed by atoms with Gasteiger partial charge in [-0.2, -0.15) is 0 Å². The third-order valence-corrected chi connectivity index (χ3v) is 24.8. The van der Waals surface area contributed by atoms with Crippen LogP contribution in [0.15, 0.2) is 78.9 Å². The lowest BCUT2D eigenvalue weighted by Gasteiger charge is -2.37. The van der Waals surface area contributed by atoms with Gasteiger partial charge in [0.25, 0.3) is 44.8 Å². The van der Waals surface area contributed by atoms with Crippen molar-refractivity contribution in [3.05, 3.63) is 197 Å². The summed E-state index contributed by atoms with van der Waals surface area (Å²) in [5, 5.41) is 28.2. The Kier molecular flexibility index (Phi) is 37.8. The van der Waals surface area contributed by atoms with Crippen LogP contribution in [-0.4, -0.2) is 210 Å². The zero-order chi connectivity index (χ0) is 86.4. The summed E-state index contributed by atoms with van der Waals surface area (Å²) < 4.78 is 84.3. The Labute approximate surface area is 679 Å². The molecule has 0 aliphatic carbocycles. The fourth-order valence-electron chi connectivity index (χ4n) is 13.4. The summed E-state index contributed by atoms with van der Waals surface area (Å²) in [6, 6.07) is 0.463. The molecule has 0 radical (unpaired) electrons. The SMILES string of the molecule is CCC1OC(n2cc(C)c(=O)[nH]c2=O)CC1O.Cc1cn(C2CC(O)C(CO)O2)c(=O)[nH]c1=O.[C-]#[N+]CCOP(OC1CC(n2cc(C)c(=O)[nH]c2=O)OC1CC)N(C(C)C)C(C)C.[C-]#[N+]CCOP(OCC1OC(n2cc(C)c(=O)[nH]c2=O)CC1OP(OCC[N+]#[C-])N(C(C)C)C(C)C)OC1CC(n2cc(C)c(=O)[nH]c2=O)OC1CC. The Morgan fingerprint density at radius 1 is 0.410 bits per heavy atom. The van der Waals surface area contributed by atoms with Crippen molar-refractivity contribution in [3.8, 4) is 0 Å². The summed E-state index contributed by atoms with van der Waals surface area (Å²) in [7, 11) is -5.20. The molecular weight excluding hydrogens is 1590 g/mol. The first kappa shape index (κ1) is 96.6. The molecule has 117 heavy (non-hydrogen) atoms. The van der Waals surface area contributed by atoms with Gasteiger partial charge in [-0.05, 0) is 109 Å². The standard InChI is InChI=1S/C33H49N7O11P2.C20H33N4O5P.C11H16N2O4.C10H14N2O5/c1-10-24-25(15-28(48-24)38-17-22(6)30(41)36-32(38)43)51-53(46-14-12-35-9)47-19-27-26(16-29(49-27)39-18-23(7)31(42)37-33(39)44)50-52(45-13-11-34-8)40(20(2)3)21(4)5;1-8-16-17(11-18(28-16)23-12-15(6)19(25)22-20(23)26)29-30(27-10-9-21-7)24(13(2)3)14(4)5;1-3-8-7(14)4-9(17-8)13-5-6(2)10(15)12-11(13)16;1-5-3-12(10(16)11-9(5)15)8-2-6(14)7(4-13)17-8/h17-18,20-21,24-29H,10-16,19H2,1-7H3,(H,36,41,43)(H,37,42,44);12-14,16-18H,8-11H2,1-6H3,(H,22,25,26);5,7-9,14H,3-4H2,1-2H3,(H,12,15,16);3,6-8,13-14H,2,4H2,1H3,(H,11,15,16). The molecule has 0 aromatic carbocycles. The molecule has 8 N–H and O–H groups in total. The Hall–Kier alpha value is -7.52. The zero-order valence-electron chi connectivity index (χ0n) is 68.8. The van der Waals surface area contributed by atoms with Gasteiger partial charge in [0.2, 0.25) is 19.6 Å². The van der Waals surface area contributed by atoms with Gasteiger partial charge in [-0.25, -0.2) is 53.0 Å². The topological polar surface area (TPSA) is 465 Å². The van der Waals surface area contributed by atoms with Gasteiger partial charge < -0.3 is 85.2 Å². The van der Waals surface area contributed by atoms with Gasteiger partial charge in [0.05, 0.1) is 62.0 Å². The van der Waals surface area contributed by atoms with Crippen molar-refractivity contribution >= 4 is 25.7 Å². The van der Waals surface area contributed by atoms with Gasteiger partial charge >= 0.3 is 37.1 Å². The summed E-state index contributed by atoms with van der Waals surface area (Å²) in [5.74, 6) is 0. The molecule has 0 saturated carbocycles. The monoisotopic (exact) mass is 1700 g/mol. The molecule has 10 rings (SSSR count). The molecule has 43 heteroatoms. The van der Waals surface area contributed by atoms with Crippen LogP contribution < -0.4 is 56.2 Å². The van der Waals surface area contributed by atoms with Crippen molar-refractivity contribution in [3.63, 3.8) is 0 Å². The molecule has 0 amide bonds. The Morgan fingerprint density at radius 3 is 0.957 bits per heavy atom. The number of aromatic nitrogens is 10. The predicted molar refractivity (Wildman–Crippen MR) is 431 cm³/mol. The average molecular weight is 1700 g/mol. The van der Waals surface area contributed by atoms with E-state index in [1.54, 1.807) is 34.6 Å². The van der Waals surface area contributed by atoms with Gasteiger partial charge in [-0.3, -0.25) is 71.7 Å². The maximum atomic E-state index is 12.9. The van der Waals surface area contributed by atoms with Gasteiger partial charge in [0.15, 0.2) is 0 Å². The highest BCUT2D eigenvalue weighted by molar-refractivity contribution is 7.45.